The summed E-state index contributed by atoms with van der Waals surface area (Å²) in [7, 11) is 0. The number of rotatable bonds is 7. The molecular weight excluding hydrogens is 252 g/mol. The summed E-state index contributed by atoms with van der Waals surface area (Å²) in [6.07, 6.45) is 6.50. The first-order valence-electron chi connectivity index (χ1n) is 6.70. The summed E-state index contributed by atoms with van der Waals surface area (Å²) in [5.74, 6) is 0.639. The van der Waals surface area contributed by atoms with Gasteiger partial charge in [-0.3, -0.25) is 0 Å². The molecule has 1 N–H and O–H groups in total. The number of anilines is 1. The molecule has 1 aromatic carbocycles. The number of imidazole rings is 1. The van der Waals surface area contributed by atoms with Gasteiger partial charge in [-0.1, -0.05) is 6.07 Å². The Hall–Kier alpha value is -2.48. The third kappa shape index (κ3) is 3.51. The number of aryl methyl sites for hydroxylation is 1. The Balaban J connectivity index is 1.93. The minimum atomic E-state index is 0.544. The van der Waals surface area contributed by atoms with Crippen LogP contribution in [0, 0.1) is 11.3 Å². The molecule has 0 fully saturated rings. The number of ether oxygens (including phenoxy) is 1. The van der Waals surface area contributed by atoms with Gasteiger partial charge in [0.05, 0.1) is 24.2 Å². The molecule has 5 heteroatoms. The summed E-state index contributed by atoms with van der Waals surface area (Å²) in [5.41, 5.74) is 1.43. The number of nitriles is 1. The average molecular weight is 270 g/mol. The van der Waals surface area contributed by atoms with Gasteiger partial charge in [0.2, 0.25) is 0 Å². The van der Waals surface area contributed by atoms with Crippen molar-refractivity contribution in [1.29, 1.82) is 5.26 Å². The zero-order chi connectivity index (χ0) is 14.2. The third-order valence-electron chi connectivity index (χ3n) is 2.89. The van der Waals surface area contributed by atoms with Crippen molar-refractivity contribution in [2.45, 2.75) is 19.9 Å². The topological polar surface area (TPSA) is 62.9 Å². The summed E-state index contributed by atoms with van der Waals surface area (Å²) >= 11 is 0. The monoisotopic (exact) mass is 270 g/mol. The summed E-state index contributed by atoms with van der Waals surface area (Å²) in [5, 5.41) is 12.4. The number of nitrogens with zero attached hydrogens (tertiary/aromatic N) is 3. The summed E-state index contributed by atoms with van der Waals surface area (Å²) in [4.78, 5) is 4.01. The van der Waals surface area contributed by atoms with Gasteiger partial charge in [0, 0.05) is 25.5 Å². The number of aromatic nitrogens is 2. The minimum absolute atomic E-state index is 0.544. The van der Waals surface area contributed by atoms with E-state index in [2.05, 4.69) is 16.4 Å². The first kappa shape index (κ1) is 13.9. The SMILES string of the molecule is CCOc1c(C#N)cccc1NCCCn1ccnc1. The van der Waals surface area contributed by atoms with Gasteiger partial charge in [0.25, 0.3) is 0 Å². The molecule has 0 unspecified atom stereocenters. The van der Waals surface area contributed by atoms with Crippen molar-refractivity contribution >= 4 is 5.69 Å². The molecule has 0 atom stereocenters. The van der Waals surface area contributed by atoms with Crippen LogP contribution in [-0.2, 0) is 6.54 Å². The van der Waals surface area contributed by atoms with Crippen LogP contribution in [0.1, 0.15) is 18.9 Å². The molecule has 0 radical (unpaired) electrons. The van der Waals surface area contributed by atoms with Crippen molar-refractivity contribution in [2.75, 3.05) is 18.5 Å². The van der Waals surface area contributed by atoms with E-state index in [0.29, 0.717) is 17.9 Å². The number of hydrogen-bond acceptors (Lipinski definition) is 4. The van der Waals surface area contributed by atoms with Crippen LogP contribution in [0.2, 0.25) is 0 Å². The van der Waals surface area contributed by atoms with Crippen LogP contribution in [0.25, 0.3) is 0 Å². The number of benzene rings is 1. The maximum absolute atomic E-state index is 9.10. The fourth-order valence-electron chi connectivity index (χ4n) is 1.97. The molecule has 0 saturated carbocycles. The van der Waals surface area contributed by atoms with Gasteiger partial charge in [-0.25, -0.2) is 4.98 Å². The van der Waals surface area contributed by atoms with Crippen molar-refractivity contribution in [1.82, 2.24) is 9.55 Å². The molecule has 0 saturated heterocycles. The maximum atomic E-state index is 9.10. The van der Waals surface area contributed by atoms with E-state index in [4.69, 9.17) is 10.00 Å². The van der Waals surface area contributed by atoms with Gasteiger partial charge in [-0.15, -0.1) is 0 Å². The average Bonchev–Trinajstić information content (AvgIpc) is 2.98. The third-order valence-corrected chi connectivity index (χ3v) is 2.89. The largest absolute Gasteiger partial charge is 0.490 e. The van der Waals surface area contributed by atoms with Crippen LogP contribution in [-0.4, -0.2) is 22.7 Å². The Kier molecular flexibility index (Phi) is 5.01. The molecule has 0 amide bonds. The zero-order valence-electron chi connectivity index (χ0n) is 11.5. The van der Waals surface area contributed by atoms with E-state index in [1.807, 2.05) is 36.1 Å². The fourth-order valence-corrected chi connectivity index (χ4v) is 1.97. The lowest BCUT2D eigenvalue weighted by Crippen LogP contribution is -2.08. The molecule has 0 bridgehead atoms. The van der Waals surface area contributed by atoms with Crippen molar-refractivity contribution in [3.05, 3.63) is 42.5 Å². The van der Waals surface area contributed by atoms with Crippen LogP contribution in [0.4, 0.5) is 5.69 Å². The van der Waals surface area contributed by atoms with Crippen LogP contribution < -0.4 is 10.1 Å². The van der Waals surface area contributed by atoms with Gasteiger partial charge in [0.15, 0.2) is 5.75 Å². The Bertz CT molecular complexity index is 572. The Morgan fingerprint density at radius 1 is 1.45 bits per heavy atom. The highest BCUT2D eigenvalue weighted by Crippen LogP contribution is 2.28. The van der Waals surface area contributed by atoms with Gasteiger partial charge in [-0.05, 0) is 25.5 Å². The van der Waals surface area contributed by atoms with Crippen molar-refractivity contribution in [3.63, 3.8) is 0 Å². The molecule has 0 aliphatic carbocycles. The lowest BCUT2D eigenvalue weighted by atomic mass is 10.2. The second kappa shape index (κ2) is 7.19. The van der Waals surface area contributed by atoms with E-state index >= 15 is 0 Å². The molecule has 2 rings (SSSR count). The molecule has 0 aliphatic rings. The normalized spacial score (nSPS) is 10.0. The first-order valence-corrected chi connectivity index (χ1v) is 6.70. The standard InChI is InChI=1S/C15H18N4O/c1-2-20-15-13(11-16)5-3-6-14(15)18-7-4-9-19-10-8-17-12-19/h3,5-6,8,10,12,18H,2,4,7,9H2,1H3. The van der Waals surface area contributed by atoms with E-state index in [0.717, 1.165) is 25.2 Å². The number of hydrogen-bond donors (Lipinski definition) is 1. The lowest BCUT2D eigenvalue weighted by molar-refractivity contribution is 0.340. The van der Waals surface area contributed by atoms with Gasteiger partial charge >= 0.3 is 0 Å². The van der Waals surface area contributed by atoms with E-state index in [1.54, 1.807) is 12.3 Å². The molecule has 1 heterocycles. The highest BCUT2D eigenvalue weighted by Gasteiger charge is 2.08. The Labute approximate surface area is 118 Å². The summed E-state index contributed by atoms with van der Waals surface area (Å²) < 4.78 is 7.60. The van der Waals surface area contributed by atoms with Crippen LogP contribution in [0.3, 0.4) is 0 Å². The van der Waals surface area contributed by atoms with Crippen LogP contribution >= 0.6 is 0 Å². The van der Waals surface area contributed by atoms with E-state index < -0.39 is 0 Å². The molecule has 0 spiro atoms. The molecule has 5 nitrogen and oxygen atoms in total. The quantitative estimate of drug-likeness (QED) is 0.786. The molecule has 104 valence electrons. The van der Waals surface area contributed by atoms with E-state index in [9.17, 15) is 0 Å². The van der Waals surface area contributed by atoms with Gasteiger partial charge < -0.3 is 14.6 Å². The maximum Gasteiger partial charge on any atom is 0.160 e. The van der Waals surface area contributed by atoms with E-state index in [-0.39, 0.29) is 0 Å². The van der Waals surface area contributed by atoms with Crippen molar-refractivity contribution in [2.24, 2.45) is 0 Å². The minimum Gasteiger partial charge on any atom is -0.490 e. The second-order valence-electron chi connectivity index (χ2n) is 4.31. The highest BCUT2D eigenvalue weighted by atomic mass is 16.5. The highest BCUT2D eigenvalue weighted by molar-refractivity contribution is 5.63. The van der Waals surface area contributed by atoms with Gasteiger partial charge in [-0.2, -0.15) is 5.26 Å². The second-order valence-corrected chi connectivity index (χ2v) is 4.31. The smallest absolute Gasteiger partial charge is 0.160 e. The molecule has 0 aliphatic heterocycles. The van der Waals surface area contributed by atoms with Crippen molar-refractivity contribution in [3.8, 4) is 11.8 Å². The molecular formula is C15H18N4O. The lowest BCUT2D eigenvalue weighted by Gasteiger charge is -2.13. The van der Waals surface area contributed by atoms with Gasteiger partial charge in [0.1, 0.15) is 6.07 Å². The first-order chi connectivity index (χ1) is 9.85. The Morgan fingerprint density at radius 2 is 2.35 bits per heavy atom. The van der Waals surface area contributed by atoms with Crippen LogP contribution in [0.15, 0.2) is 36.9 Å². The zero-order valence-corrected chi connectivity index (χ0v) is 11.5. The molecule has 1 aromatic heterocycles. The van der Waals surface area contributed by atoms with Crippen molar-refractivity contribution < 1.29 is 4.74 Å². The fraction of sp³-hybridized carbons (Fsp3) is 0.333. The number of para-hydroxylation sites is 1. The predicted molar refractivity (Wildman–Crippen MR) is 77.7 cm³/mol. The number of nitrogens with one attached hydrogen (secondary N) is 1. The van der Waals surface area contributed by atoms with Crippen LogP contribution in [0.5, 0.6) is 5.75 Å². The molecule has 20 heavy (non-hydrogen) atoms. The summed E-state index contributed by atoms with van der Waals surface area (Å²) in [6.45, 7) is 4.18. The summed E-state index contributed by atoms with van der Waals surface area (Å²) in [6, 6.07) is 7.72. The predicted octanol–water partition coefficient (Wildman–Crippen LogP) is 2.66. The molecule has 2 aromatic rings. The van der Waals surface area contributed by atoms with E-state index in [1.165, 1.54) is 0 Å². The Morgan fingerprint density at radius 3 is 3.05 bits per heavy atom.